The van der Waals surface area contributed by atoms with Gasteiger partial charge in [0.2, 0.25) is 0 Å². The van der Waals surface area contributed by atoms with Crippen LogP contribution in [0.4, 0.5) is 0 Å². The van der Waals surface area contributed by atoms with Gasteiger partial charge in [-0.25, -0.2) is 8.42 Å². The Bertz CT molecular complexity index is 974. The second kappa shape index (κ2) is 6.33. The summed E-state index contributed by atoms with van der Waals surface area (Å²) < 4.78 is 53.3. The highest BCUT2D eigenvalue weighted by Gasteiger charge is 2.25. The maximum Gasteiger partial charge on any atom is 0.374 e. The molecule has 0 fully saturated rings. The van der Waals surface area contributed by atoms with Crippen LogP contribution in [-0.4, -0.2) is 27.2 Å². The molecule has 0 aliphatic carbocycles. The third-order valence-corrected chi connectivity index (χ3v) is 5.42. The van der Waals surface area contributed by atoms with Crippen molar-refractivity contribution in [2.24, 2.45) is 0 Å². The molecule has 7 nitrogen and oxygen atoms in total. The van der Waals surface area contributed by atoms with E-state index in [1.54, 1.807) is 19.1 Å². The van der Waals surface area contributed by atoms with Crippen molar-refractivity contribution >= 4 is 25.5 Å². The maximum absolute atomic E-state index is 12.2. The van der Waals surface area contributed by atoms with E-state index >= 15 is 0 Å². The van der Waals surface area contributed by atoms with Crippen LogP contribution in [0.2, 0.25) is 0 Å². The molecule has 9 heteroatoms. The summed E-state index contributed by atoms with van der Waals surface area (Å²) in [4.78, 5) is 1.94. The average Bonchev–Trinajstić information content (AvgIpc) is 2.47. The lowest BCUT2D eigenvalue weighted by atomic mass is 10.2. The molecule has 0 N–H and O–H groups in total. The zero-order valence-electron chi connectivity index (χ0n) is 11.9. The highest BCUT2D eigenvalue weighted by Crippen LogP contribution is 2.26. The smallest absolute Gasteiger partial charge is 0.374 e. The summed E-state index contributed by atoms with van der Waals surface area (Å²) in [7, 11) is -8.33. The highest BCUT2D eigenvalue weighted by atomic mass is 32.2. The standard InChI is InChI=1S/C14H12N2O5S2/c1-11-6-8-12(9-7-11)23(19,20)21-13-4-2-3-5-14(13)22(17,18)10-16-15/h2-10H,1H3. The Morgan fingerprint density at radius 3 is 2.22 bits per heavy atom. The van der Waals surface area contributed by atoms with E-state index in [2.05, 4.69) is 4.79 Å². The van der Waals surface area contributed by atoms with Crippen molar-refractivity contribution in [2.75, 3.05) is 0 Å². The Kier molecular flexibility index (Phi) is 4.65. The van der Waals surface area contributed by atoms with Gasteiger partial charge < -0.3 is 9.71 Å². The molecule has 0 radical (unpaired) electrons. The normalized spacial score (nSPS) is 11.5. The van der Waals surface area contributed by atoms with Gasteiger partial charge in [0.15, 0.2) is 5.75 Å². The van der Waals surface area contributed by atoms with Gasteiger partial charge >= 0.3 is 15.7 Å². The lowest BCUT2D eigenvalue weighted by molar-refractivity contribution is 0.00753. The Balaban J connectivity index is 2.49. The van der Waals surface area contributed by atoms with Gasteiger partial charge in [0.25, 0.3) is 9.84 Å². The summed E-state index contributed by atoms with van der Waals surface area (Å²) in [5.41, 5.74) is 9.59. The third kappa shape index (κ3) is 3.84. The molecule has 2 rings (SSSR count). The lowest BCUT2D eigenvalue weighted by Crippen LogP contribution is -2.13. The summed E-state index contributed by atoms with van der Waals surface area (Å²) in [6.45, 7) is 1.80. The van der Waals surface area contributed by atoms with Crippen molar-refractivity contribution in [1.29, 1.82) is 0 Å². The number of nitrogens with zero attached hydrogens (tertiary/aromatic N) is 2. The van der Waals surface area contributed by atoms with E-state index in [1.807, 2.05) is 0 Å². The molecule has 0 aliphatic rings. The predicted molar refractivity (Wildman–Crippen MR) is 82.3 cm³/mol. The molecule has 0 amide bonds. The lowest BCUT2D eigenvalue weighted by Gasteiger charge is -2.09. The zero-order chi connectivity index (χ0) is 17.1. The van der Waals surface area contributed by atoms with E-state index < -0.39 is 24.9 Å². The molecular weight excluding hydrogens is 340 g/mol. The van der Waals surface area contributed by atoms with Gasteiger partial charge in [0, 0.05) is 0 Å². The summed E-state index contributed by atoms with van der Waals surface area (Å²) in [5.74, 6) is -0.382. The highest BCUT2D eigenvalue weighted by molar-refractivity contribution is 8.04. The Hall–Kier alpha value is -2.48. The molecule has 120 valence electrons. The number of rotatable bonds is 5. The first-order valence-corrected chi connectivity index (χ1v) is 9.24. The van der Waals surface area contributed by atoms with Crippen molar-refractivity contribution < 1.29 is 25.8 Å². The Morgan fingerprint density at radius 2 is 1.61 bits per heavy atom. The van der Waals surface area contributed by atoms with E-state index in [1.165, 1.54) is 30.3 Å². The van der Waals surface area contributed by atoms with E-state index in [9.17, 15) is 16.8 Å². The number of hydrogen-bond acceptors (Lipinski definition) is 5. The quantitative estimate of drug-likeness (QED) is 0.267. The maximum atomic E-state index is 12.2. The molecule has 0 unspecified atom stereocenters. The van der Waals surface area contributed by atoms with Crippen LogP contribution in [0.15, 0.2) is 58.3 Å². The Morgan fingerprint density at radius 1 is 1.00 bits per heavy atom. The zero-order valence-corrected chi connectivity index (χ0v) is 13.6. The first-order chi connectivity index (χ1) is 10.8. The van der Waals surface area contributed by atoms with Crippen LogP contribution in [-0.2, 0) is 20.0 Å². The Labute approximate surface area is 133 Å². The number of sulfone groups is 1. The second-order valence-electron chi connectivity index (χ2n) is 4.56. The molecule has 0 aliphatic heterocycles. The number of para-hydroxylation sites is 1. The van der Waals surface area contributed by atoms with Crippen LogP contribution in [0.3, 0.4) is 0 Å². The van der Waals surface area contributed by atoms with Crippen LogP contribution >= 0.6 is 0 Å². The van der Waals surface area contributed by atoms with Crippen LogP contribution in [0, 0.1) is 6.92 Å². The third-order valence-electron chi connectivity index (χ3n) is 2.85. The summed E-state index contributed by atoms with van der Waals surface area (Å²) >= 11 is 0. The van der Waals surface area contributed by atoms with Gasteiger partial charge in [-0.15, -0.1) is 0 Å². The first-order valence-electron chi connectivity index (χ1n) is 6.29. The molecule has 0 spiro atoms. The topological polar surface area (TPSA) is 114 Å². The van der Waals surface area contributed by atoms with E-state index in [4.69, 9.17) is 9.71 Å². The molecule has 2 aromatic carbocycles. The predicted octanol–water partition coefficient (Wildman–Crippen LogP) is 1.79. The SMILES string of the molecule is Cc1ccc(S(=O)(=O)Oc2ccccc2S(=O)(=O)C=[N+]=[N-])cc1. The van der Waals surface area contributed by atoms with Crippen molar-refractivity contribution in [3.8, 4) is 5.75 Å². The summed E-state index contributed by atoms with van der Waals surface area (Å²) in [6, 6.07) is 11.1. The van der Waals surface area contributed by atoms with Crippen LogP contribution in [0.5, 0.6) is 5.75 Å². The summed E-state index contributed by atoms with van der Waals surface area (Å²) in [6.07, 6.45) is 0. The number of aryl methyl sites for hydroxylation is 1. The van der Waals surface area contributed by atoms with Gasteiger partial charge in [-0.1, -0.05) is 29.8 Å². The largest absolute Gasteiger partial charge is 0.378 e. The average molecular weight is 352 g/mol. The van der Waals surface area contributed by atoms with Gasteiger partial charge in [-0.3, -0.25) is 0 Å². The van der Waals surface area contributed by atoms with Gasteiger partial charge in [0.05, 0.1) is 0 Å². The molecule has 0 bridgehead atoms. The first kappa shape index (κ1) is 16.9. The molecular formula is C14H12N2O5S2. The summed E-state index contributed by atoms with van der Waals surface area (Å²) in [5, 5.41) is 0. The van der Waals surface area contributed by atoms with Crippen molar-refractivity contribution in [3.63, 3.8) is 0 Å². The van der Waals surface area contributed by atoms with Gasteiger partial charge in [-0.05, 0) is 31.2 Å². The van der Waals surface area contributed by atoms with Crippen LogP contribution in [0.1, 0.15) is 5.56 Å². The fourth-order valence-corrected chi connectivity index (χ4v) is 3.64. The van der Waals surface area contributed by atoms with Crippen LogP contribution in [0.25, 0.3) is 5.53 Å². The molecule has 0 heterocycles. The minimum atomic E-state index is -4.20. The van der Waals surface area contributed by atoms with Crippen molar-refractivity contribution in [3.05, 3.63) is 59.6 Å². The number of hydrogen-bond donors (Lipinski definition) is 0. The van der Waals surface area contributed by atoms with Crippen molar-refractivity contribution in [2.45, 2.75) is 16.7 Å². The molecule has 0 saturated heterocycles. The monoisotopic (exact) mass is 352 g/mol. The van der Waals surface area contributed by atoms with E-state index in [0.29, 0.717) is 5.55 Å². The van der Waals surface area contributed by atoms with Gasteiger partial charge in [0.1, 0.15) is 9.79 Å². The minimum absolute atomic E-state index is 0.105. The van der Waals surface area contributed by atoms with Crippen LogP contribution < -0.4 is 4.18 Å². The molecule has 0 saturated carbocycles. The molecule has 23 heavy (non-hydrogen) atoms. The van der Waals surface area contributed by atoms with Crippen molar-refractivity contribution in [1.82, 2.24) is 0 Å². The fraction of sp³-hybridized carbons (Fsp3) is 0.0714. The minimum Gasteiger partial charge on any atom is -0.378 e. The molecule has 2 aromatic rings. The molecule has 0 atom stereocenters. The molecule has 0 aromatic heterocycles. The fourth-order valence-electron chi connectivity index (χ4n) is 1.74. The van der Waals surface area contributed by atoms with E-state index in [-0.39, 0.29) is 10.6 Å². The van der Waals surface area contributed by atoms with Gasteiger partial charge in [-0.2, -0.15) is 13.2 Å². The number of benzene rings is 2. The second-order valence-corrected chi connectivity index (χ2v) is 7.85. The van der Waals surface area contributed by atoms with E-state index in [0.717, 1.165) is 11.6 Å².